The van der Waals surface area contributed by atoms with Crippen molar-refractivity contribution in [1.82, 2.24) is 0 Å². The number of nitrogens with two attached hydrogens (primary N) is 2. The Morgan fingerprint density at radius 1 is 0.436 bits per heavy atom. The van der Waals surface area contributed by atoms with E-state index in [1.165, 1.54) is 0 Å². The summed E-state index contributed by atoms with van der Waals surface area (Å²) in [6.07, 6.45) is -8.90. The first-order valence-corrected chi connectivity index (χ1v) is 13.0. The Balaban J connectivity index is 6.43. The average Bonchev–Trinajstić information content (AvgIpc) is 2.73. The van der Waals surface area contributed by atoms with Crippen LogP contribution in [0.25, 0.3) is 0 Å². The monoisotopic (exact) mass is 642 g/mol. The van der Waals surface area contributed by atoms with Gasteiger partial charge in [-0.25, -0.2) is 0 Å². The Kier molecular flexibility index (Phi) is 10.6. The van der Waals surface area contributed by atoms with Gasteiger partial charge in [0.05, 0.1) is 0 Å². The normalized spacial score (nSPS) is 16.2. The molecule has 22 heteroatoms. The summed E-state index contributed by atoms with van der Waals surface area (Å²) in [5.74, 6) is -66.5. The van der Waals surface area contributed by atoms with Crippen molar-refractivity contribution in [3.05, 3.63) is 0 Å². The van der Waals surface area contributed by atoms with Crippen LogP contribution in [0.15, 0.2) is 0 Å². The van der Waals surface area contributed by atoms with Crippen molar-refractivity contribution in [2.45, 2.75) is 105 Å². The number of alkyl halides is 19. The molecule has 0 amide bonds. The van der Waals surface area contributed by atoms with E-state index in [2.05, 4.69) is 0 Å². The van der Waals surface area contributed by atoms with Crippen molar-refractivity contribution in [2.24, 2.45) is 10.8 Å². The number of halogens is 19. The van der Waals surface area contributed by atoms with Gasteiger partial charge in [0.2, 0.25) is 0 Å². The topological polar surface area (TPSA) is 52.0 Å². The zero-order valence-electron chi connectivity index (χ0n) is 19.3. The van der Waals surface area contributed by atoms with Gasteiger partial charge < -0.3 is 10.8 Å². The zero-order valence-corrected chi connectivity index (χ0v) is 20.3. The quantitative estimate of drug-likeness (QED) is 0.108. The van der Waals surface area contributed by atoms with Gasteiger partial charge in [0, 0.05) is 6.42 Å². The van der Waals surface area contributed by atoms with Crippen LogP contribution in [-0.4, -0.2) is 62.0 Å². The van der Waals surface area contributed by atoms with E-state index in [0.717, 1.165) is 0 Å². The molecule has 0 radical (unpaired) electrons. The molecule has 0 saturated carbocycles. The van der Waals surface area contributed by atoms with Crippen LogP contribution in [0.4, 0.5) is 83.4 Å². The minimum atomic E-state index is -8.92. The second-order valence-electron chi connectivity index (χ2n) is 8.77. The lowest BCUT2D eigenvalue weighted by atomic mass is 9.87. The molecule has 0 fully saturated rings. The molecule has 0 rings (SSSR count). The Bertz CT molecular complexity index is 821. The molecular formula is C17H21F19N2Si. The fourth-order valence-corrected chi connectivity index (χ4v) is 4.88. The van der Waals surface area contributed by atoms with Crippen LogP contribution >= 0.6 is 0 Å². The summed E-state index contributed by atoms with van der Waals surface area (Å²) in [5, 5.41) is 10.9. The van der Waals surface area contributed by atoms with Crippen molar-refractivity contribution >= 4 is 8.40 Å². The van der Waals surface area contributed by atoms with Gasteiger partial charge in [-0.05, 0) is 12.1 Å². The SMILES string of the molecule is CCCCCC[Si](N)(N)CCC(F)(F)C(F)(F)C(F)(F)C(F)(F)C(F)(F)C(F)(F)C(F)(F)C(F)(F)C(F)(F)F. The molecule has 0 aliphatic carbocycles. The highest BCUT2D eigenvalue weighted by atomic mass is 28.3. The maximum atomic E-state index is 14.0. The van der Waals surface area contributed by atoms with E-state index in [9.17, 15) is 83.4 Å². The van der Waals surface area contributed by atoms with Gasteiger partial charge in [0.1, 0.15) is 0 Å². The van der Waals surface area contributed by atoms with E-state index in [4.69, 9.17) is 10.8 Å². The minimum absolute atomic E-state index is 0.0985. The molecule has 0 spiro atoms. The molecule has 0 unspecified atom stereocenters. The summed E-state index contributed by atoms with van der Waals surface area (Å²) in [6, 6.07) is -1.81. The molecule has 0 aromatic carbocycles. The molecule has 236 valence electrons. The van der Waals surface area contributed by atoms with Crippen molar-refractivity contribution in [3.63, 3.8) is 0 Å². The van der Waals surface area contributed by atoms with Gasteiger partial charge in [-0.3, -0.25) is 0 Å². The molecule has 0 aromatic heterocycles. The largest absolute Gasteiger partial charge is 0.460 e. The van der Waals surface area contributed by atoms with Crippen LogP contribution < -0.4 is 10.8 Å². The third-order valence-electron chi connectivity index (χ3n) is 5.58. The van der Waals surface area contributed by atoms with Crippen LogP contribution in [0.2, 0.25) is 12.1 Å². The first kappa shape index (κ1) is 37.8. The predicted molar refractivity (Wildman–Crippen MR) is 98.1 cm³/mol. The lowest BCUT2D eigenvalue weighted by molar-refractivity contribution is -0.468. The van der Waals surface area contributed by atoms with E-state index in [-0.39, 0.29) is 12.5 Å². The summed E-state index contributed by atoms with van der Waals surface area (Å²) in [4.78, 5) is 0. The van der Waals surface area contributed by atoms with Gasteiger partial charge in [0.15, 0.2) is 8.40 Å². The number of hydrogen-bond donors (Lipinski definition) is 2. The maximum absolute atomic E-state index is 14.0. The summed E-state index contributed by atoms with van der Waals surface area (Å²) >= 11 is 0. The van der Waals surface area contributed by atoms with E-state index in [1.807, 2.05) is 0 Å². The second kappa shape index (κ2) is 10.9. The predicted octanol–water partition coefficient (Wildman–Crippen LogP) is 7.96. The lowest BCUT2D eigenvalue weighted by Crippen LogP contribution is -2.75. The second-order valence-corrected chi connectivity index (χ2v) is 12.2. The molecule has 0 aliphatic heterocycles. The minimum Gasteiger partial charge on any atom is -0.339 e. The van der Waals surface area contributed by atoms with E-state index >= 15 is 0 Å². The molecular weight excluding hydrogens is 621 g/mol. The van der Waals surface area contributed by atoms with E-state index < -0.39 is 74.4 Å². The number of hydrogen-bond acceptors (Lipinski definition) is 2. The highest BCUT2D eigenvalue weighted by Gasteiger charge is 2.96. The Morgan fingerprint density at radius 2 is 0.769 bits per heavy atom. The van der Waals surface area contributed by atoms with Gasteiger partial charge in [-0.15, -0.1) is 0 Å². The van der Waals surface area contributed by atoms with Crippen LogP contribution in [0, 0.1) is 0 Å². The molecule has 0 heterocycles. The van der Waals surface area contributed by atoms with Gasteiger partial charge in [-0.1, -0.05) is 32.6 Å². The van der Waals surface area contributed by atoms with Crippen molar-refractivity contribution in [3.8, 4) is 0 Å². The number of unbranched alkanes of at least 4 members (excludes halogenated alkanes) is 3. The summed E-state index contributed by atoms with van der Waals surface area (Å²) in [7, 11) is -3.98. The zero-order chi connectivity index (χ0) is 31.9. The van der Waals surface area contributed by atoms with Crippen LogP contribution in [0.3, 0.4) is 0 Å². The molecule has 0 aliphatic rings. The summed E-state index contributed by atoms with van der Waals surface area (Å²) in [5.41, 5.74) is 0. The highest BCUT2D eigenvalue weighted by molar-refractivity contribution is 6.73. The van der Waals surface area contributed by atoms with Crippen LogP contribution in [0.1, 0.15) is 39.0 Å². The molecule has 0 saturated heterocycles. The standard InChI is InChI=1S/C17H21F19N2Si/c1-2-3-4-5-7-39(37,38)8-6-9(18,19)10(20,21)11(22,23)12(24,25)13(26,27)14(28,29)15(30,31)16(32,33)17(34,35)36/h2-8,37-38H2,1H3. The summed E-state index contributed by atoms with van der Waals surface area (Å²) in [6.45, 7) is 1.72. The lowest BCUT2D eigenvalue weighted by Gasteiger charge is -2.44. The summed E-state index contributed by atoms with van der Waals surface area (Å²) < 4.78 is 253. The average molecular weight is 642 g/mol. The van der Waals surface area contributed by atoms with Gasteiger partial charge in [0.25, 0.3) is 0 Å². The Labute approximate surface area is 208 Å². The van der Waals surface area contributed by atoms with Crippen molar-refractivity contribution in [1.29, 1.82) is 0 Å². The first-order chi connectivity index (χ1) is 16.8. The molecule has 4 N–H and O–H groups in total. The first-order valence-electron chi connectivity index (χ1n) is 10.4. The molecule has 0 aromatic rings. The molecule has 0 atom stereocenters. The van der Waals surface area contributed by atoms with E-state index in [0.29, 0.717) is 19.3 Å². The van der Waals surface area contributed by atoms with Crippen LogP contribution in [0.5, 0.6) is 0 Å². The maximum Gasteiger partial charge on any atom is 0.460 e. The fourth-order valence-electron chi connectivity index (χ4n) is 2.95. The smallest absolute Gasteiger partial charge is 0.339 e. The van der Waals surface area contributed by atoms with Crippen molar-refractivity contribution in [2.75, 3.05) is 0 Å². The molecule has 0 bridgehead atoms. The van der Waals surface area contributed by atoms with Crippen molar-refractivity contribution < 1.29 is 83.4 Å². The van der Waals surface area contributed by atoms with Crippen LogP contribution in [-0.2, 0) is 0 Å². The fraction of sp³-hybridized carbons (Fsp3) is 1.00. The highest BCUT2D eigenvalue weighted by Crippen LogP contribution is 2.65. The third kappa shape index (κ3) is 6.20. The van der Waals surface area contributed by atoms with Gasteiger partial charge >= 0.3 is 53.6 Å². The Hall–Kier alpha value is -1.19. The van der Waals surface area contributed by atoms with Gasteiger partial charge in [-0.2, -0.15) is 83.4 Å². The Morgan fingerprint density at radius 3 is 1.10 bits per heavy atom. The van der Waals surface area contributed by atoms with E-state index in [1.54, 1.807) is 6.92 Å². The third-order valence-corrected chi connectivity index (χ3v) is 8.05. The molecule has 39 heavy (non-hydrogen) atoms. The molecule has 2 nitrogen and oxygen atoms in total. The number of rotatable bonds is 15.